The van der Waals surface area contributed by atoms with E-state index in [9.17, 15) is 4.39 Å². The minimum Gasteiger partial charge on any atom is -0.493 e. The van der Waals surface area contributed by atoms with Gasteiger partial charge in [-0.1, -0.05) is 54.1 Å². The number of H-pyrrole nitrogens is 1. The van der Waals surface area contributed by atoms with Gasteiger partial charge in [0, 0.05) is 5.56 Å². The fourth-order valence-electron chi connectivity index (χ4n) is 3.15. The normalized spacial score (nSPS) is 10.7. The monoisotopic (exact) mass is 470 g/mol. The molecular formula is C23H20ClFN4O2S. The quantitative estimate of drug-likeness (QED) is 0.322. The van der Waals surface area contributed by atoms with Crippen molar-refractivity contribution in [3.05, 3.63) is 93.5 Å². The molecule has 0 saturated heterocycles. The van der Waals surface area contributed by atoms with Gasteiger partial charge in [-0.25, -0.2) is 14.2 Å². The molecule has 6 nitrogen and oxygen atoms in total. The van der Waals surface area contributed by atoms with Crippen molar-refractivity contribution in [2.45, 2.75) is 13.2 Å². The molecule has 0 aliphatic heterocycles. The van der Waals surface area contributed by atoms with E-state index in [-0.39, 0.29) is 12.4 Å². The summed E-state index contributed by atoms with van der Waals surface area (Å²) in [5.41, 5.74) is 5.87. The fraction of sp³-hybridized carbons (Fsp3) is 0.130. The van der Waals surface area contributed by atoms with Crippen LogP contribution in [0.15, 0.2) is 66.7 Å². The molecule has 9 heteroatoms. The smallest absolute Gasteiger partial charge is 0.214 e. The lowest BCUT2D eigenvalue weighted by molar-refractivity contribution is 0.284. The summed E-state index contributed by atoms with van der Waals surface area (Å²) in [6.45, 7) is 0.653. The van der Waals surface area contributed by atoms with Crippen LogP contribution in [0.2, 0.25) is 5.02 Å². The maximum atomic E-state index is 13.1. The number of ether oxygens (including phenoxy) is 2. The van der Waals surface area contributed by atoms with Crippen LogP contribution in [0.25, 0.3) is 11.4 Å². The van der Waals surface area contributed by atoms with Gasteiger partial charge in [-0.3, -0.25) is 0 Å². The van der Waals surface area contributed by atoms with Gasteiger partial charge >= 0.3 is 0 Å². The Morgan fingerprint density at radius 3 is 2.56 bits per heavy atom. The number of methoxy groups -OCH3 is 1. The highest BCUT2D eigenvalue weighted by Gasteiger charge is 2.14. The Hall–Kier alpha value is -3.36. The van der Waals surface area contributed by atoms with Crippen LogP contribution in [0, 0.1) is 10.6 Å². The Kier molecular flexibility index (Phi) is 6.72. The molecule has 0 fully saturated rings. The molecule has 32 heavy (non-hydrogen) atoms. The number of benzene rings is 3. The number of halogens is 2. The Morgan fingerprint density at radius 1 is 1.09 bits per heavy atom. The van der Waals surface area contributed by atoms with Crippen LogP contribution in [0.1, 0.15) is 11.1 Å². The standard InChI is InChI=1S/C23H20ClFN4O2S/c1-30-20-12-16(11-19(24)21(20)31-14-15-7-9-18(25)10-8-15)13-26-29-22(27-28-23(29)32)17-5-3-2-4-6-17/h2-12,26H,13-14H2,1H3,(H,28,32). The molecule has 1 heterocycles. The Balaban J connectivity index is 1.51. The van der Waals surface area contributed by atoms with Crippen LogP contribution in [-0.4, -0.2) is 22.0 Å². The van der Waals surface area contributed by atoms with E-state index in [0.717, 1.165) is 16.7 Å². The lowest BCUT2D eigenvalue weighted by atomic mass is 10.2. The van der Waals surface area contributed by atoms with Crippen molar-refractivity contribution in [2.75, 3.05) is 12.5 Å². The van der Waals surface area contributed by atoms with Gasteiger partial charge in [0.2, 0.25) is 4.77 Å². The summed E-state index contributed by atoms with van der Waals surface area (Å²) in [4.78, 5) is 0. The summed E-state index contributed by atoms with van der Waals surface area (Å²) >= 11 is 11.8. The van der Waals surface area contributed by atoms with Crippen molar-refractivity contribution < 1.29 is 13.9 Å². The van der Waals surface area contributed by atoms with Gasteiger partial charge in [-0.2, -0.15) is 5.10 Å². The molecule has 0 spiro atoms. The van der Waals surface area contributed by atoms with E-state index in [0.29, 0.717) is 33.7 Å². The van der Waals surface area contributed by atoms with Gasteiger partial charge in [0.1, 0.15) is 12.4 Å². The second kappa shape index (κ2) is 9.84. The van der Waals surface area contributed by atoms with Crippen molar-refractivity contribution in [3.8, 4) is 22.9 Å². The first kappa shape index (κ1) is 21.9. The molecule has 0 bridgehead atoms. The summed E-state index contributed by atoms with van der Waals surface area (Å²) in [7, 11) is 1.55. The predicted molar refractivity (Wildman–Crippen MR) is 125 cm³/mol. The minimum atomic E-state index is -0.297. The van der Waals surface area contributed by atoms with E-state index in [1.165, 1.54) is 12.1 Å². The summed E-state index contributed by atoms with van der Waals surface area (Å²) in [6, 6.07) is 19.4. The minimum absolute atomic E-state index is 0.235. The molecule has 4 rings (SSSR count). The SMILES string of the molecule is COc1cc(CNn2c(-c3ccccc3)n[nH]c2=S)cc(Cl)c1OCc1ccc(F)cc1. The van der Waals surface area contributed by atoms with Crippen molar-refractivity contribution in [2.24, 2.45) is 0 Å². The van der Waals surface area contributed by atoms with Crippen molar-refractivity contribution in [1.82, 2.24) is 14.9 Å². The van der Waals surface area contributed by atoms with E-state index in [2.05, 4.69) is 15.6 Å². The first-order valence-electron chi connectivity index (χ1n) is 9.75. The van der Waals surface area contributed by atoms with Gasteiger partial charge < -0.3 is 14.9 Å². The first-order chi connectivity index (χ1) is 15.5. The molecule has 0 atom stereocenters. The number of hydrogen-bond donors (Lipinski definition) is 2. The highest BCUT2D eigenvalue weighted by Crippen LogP contribution is 2.37. The number of nitrogens with one attached hydrogen (secondary N) is 2. The zero-order valence-electron chi connectivity index (χ0n) is 17.1. The van der Waals surface area contributed by atoms with Gasteiger partial charge in [-0.05, 0) is 47.6 Å². The number of nitrogens with zero attached hydrogens (tertiary/aromatic N) is 2. The number of hydrogen-bond acceptors (Lipinski definition) is 5. The summed E-state index contributed by atoms with van der Waals surface area (Å²) < 4.78 is 26.6. The maximum Gasteiger partial charge on any atom is 0.214 e. The van der Waals surface area contributed by atoms with Crippen LogP contribution in [-0.2, 0) is 13.2 Å². The van der Waals surface area contributed by atoms with Crippen LogP contribution < -0.4 is 14.9 Å². The predicted octanol–water partition coefficient (Wildman–Crippen LogP) is 5.73. The van der Waals surface area contributed by atoms with Gasteiger partial charge in [0.15, 0.2) is 17.3 Å². The Bertz CT molecular complexity index is 1260. The maximum absolute atomic E-state index is 13.1. The molecule has 0 saturated carbocycles. The molecule has 1 aromatic heterocycles. The van der Waals surface area contributed by atoms with E-state index < -0.39 is 0 Å². The second-order valence-corrected chi connectivity index (χ2v) is 7.71. The van der Waals surface area contributed by atoms with Crippen molar-refractivity contribution >= 4 is 23.8 Å². The number of aromatic nitrogens is 3. The summed E-state index contributed by atoms with van der Waals surface area (Å²) in [5, 5.41) is 7.53. The number of rotatable bonds is 8. The molecule has 4 aromatic rings. The highest BCUT2D eigenvalue weighted by atomic mass is 35.5. The van der Waals surface area contributed by atoms with Gasteiger partial charge in [-0.15, -0.1) is 0 Å². The van der Waals surface area contributed by atoms with Crippen LogP contribution >= 0.6 is 23.8 Å². The average Bonchev–Trinajstić information content (AvgIpc) is 3.18. The van der Waals surface area contributed by atoms with E-state index in [1.54, 1.807) is 30.0 Å². The van der Waals surface area contributed by atoms with E-state index >= 15 is 0 Å². The Labute approximate surface area is 194 Å². The molecule has 2 N–H and O–H groups in total. The molecule has 0 unspecified atom stereocenters. The molecule has 164 valence electrons. The zero-order chi connectivity index (χ0) is 22.5. The zero-order valence-corrected chi connectivity index (χ0v) is 18.7. The van der Waals surface area contributed by atoms with Crippen molar-refractivity contribution in [1.29, 1.82) is 0 Å². The van der Waals surface area contributed by atoms with Gasteiger partial charge in [0.05, 0.1) is 18.7 Å². The third-order valence-corrected chi connectivity index (χ3v) is 5.29. The van der Waals surface area contributed by atoms with Crippen LogP contribution in [0.4, 0.5) is 4.39 Å². The second-order valence-electron chi connectivity index (χ2n) is 6.91. The molecule has 0 aliphatic carbocycles. The van der Waals surface area contributed by atoms with Crippen LogP contribution in [0.5, 0.6) is 11.5 Å². The highest BCUT2D eigenvalue weighted by molar-refractivity contribution is 7.71. The van der Waals surface area contributed by atoms with E-state index in [1.807, 2.05) is 36.4 Å². The third-order valence-electron chi connectivity index (χ3n) is 4.73. The lowest BCUT2D eigenvalue weighted by Gasteiger charge is -2.15. The summed E-state index contributed by atoms with van der Waals surface area (Å²) in [5.74, 6) is 1.30. The molecule has 0 radical (unpaired) electrons. The molecule has 0 amide bonds. The van der Waals surface area contributed by atoms with Crippen LogP contribution in [0.3, 0.4) is 0 Å². The largest absolute Gasteiger partial charge is 0.493 e. The first-order valence-corrected chi connectivity index (χ1v) is 10.5. The fourth-order valence-corrected chi connectivity index (χ4v) is 3.63. The Morgan fingerprint density at radius 2 is 1.84 bits per heavy atom. The molecule has 0 aliphatic rings. The van der Waals surface area contributed by atoms with Gasteiger partial charge in [0.25, 0.3) is 0 Å². The number of aromatic amines is 1. The summed E-state index contributed by atoms with van der Waals surface area (Å²) in [6.07, 6.45) is 0. The molecular weight excluding hydrogens is 451 g/mol. The van der Waals surface area contributed by atoms with E-state index in [4.69, 9.17) is 33.3 Å². The lowest BCUT2D eigenvalue weighted by Crippen LogP contribution is -2.16. The topological polar surface area (TPSA) is 64.1 Å². The average molecular weight is 471 g/mol. The van der Waals surface area contributed by atoms with Crippen molar-refractivity contribution in [3.63, 3.8) is 0 Å². The third kappa shape index (κ3) is 4.92. The molecule has 3 aromatic carbocycles.